The number of carboxylic acid groups (broad SMARTS) is 1. The van der Waals surface area contributed by atoms with Crippen LogP contribution >= 0.6 is 0 Å². The fourth-order valence-corrected chi connectivity index (χ4v) is 7.75. The number of rotatable bonds is 9. The maximum Gasteiger partial charge on any atom is 0.335 e. The number of aromatic nitrogens is 1. The molecule has 252 valence electrons. The van der Waals surface area contributed by atoms with E-state index in [1.165, 1.54) is 43.4 Å². The first-order valence-electron chi connectivity index (χ1n) is 17.8. The van der Waals surface area contributed by atoms with Crippen molar-refractivity contribution in [2.45, 2.75) is 122 Å². The molecule has 6 nitrogen and oxygen atoms in total. The van der Waals surface area contributed by atoms with E-state index in [4.69, 9.17) is 0 Å². The molecule has 1 aromatic heterocycles. The molecule has 3 heterocycles. The monoisotopic (exact) mass is 633 g/mol. The predicted octanol–water partition coefficient (Wildman–Crippen LogP) is 8.85. The van der Waals surface area contributed by atoms with Crippen molar-refractivity contribution in [3.8, 4) is 0 Å². The number of amides is 1. The number of hydrogen-bond donors (Lipinski definition) is 1. The van der Waals surface area contributed by atoms with Gasteiger partial charge in [0.2, 0.25) is 0 Å². The van der Waals surface area contributed by atoms with Crippen molar-refractivity contribution in [2.75, 3.05) is 26.2 Å². The largest absolute Gasteiger partial charge is 0.478 e. The van der Waals surface area contributed by atoms with Gasteiger partial charge in [0, 0.05) is 47.8 Å². The van der Waals surface area contributed by atoms with Crippen molar-refractivity contribution < 1.29 is 19.1 Å². The number of hydrogen-bond acceptors (Lipinski definition) is 3. The number of aromatic carboxylic acids is 1. The Morgan fingerprint density at radius 3 is 2.22 bits per heavy atom. The van der Waals surface area contributed by atoms with Crippen LogP contribution in [0.1, 0.15) is 118 Å². The van der Waals surface area contributed by atoms with Crippen molar-refractivity contribution in [3.63, 3.8) is 0 Å². The maximum absolute atomic E-state index is 14.0. The van der Waals surface area contributed by atoms with Crippen LogP contribution in [0, 0.1) is 0 Å². The third-order valence-electron chi connectivity index (χ3n) is 10.2. The highest BCUT2D eigenvalue weighted by molar-refractivity contribution is 5.97. The average Bonchev–Trinajstić information content (AvgIpc) is 3.36. The molecule has 3 aliphatic rings. The van der Waals surface area contributed by atoms with Gasteiger partial charge in [-0.1, -0.05) is 76.8 Å². The van der Waals surface area contributed by atoms with E-state index >= 15 is 0 Å². The highest BCUT2D eigenvalue weighted by atomic mass is 19.1. The van der Waals surface area contributed by atoms with Crippen molar-refractivity contribution in [2.24, 2.45) is 0 Å². The Kier molecular flexibility index (Phi) is 13.7. The third kappa shape index (κ3) is 8.78. The summed E-state index contributed by atoms with van der Waals surface area (Å²) in [6.45, 7) is 14.8. The Labute approximate surface area is 276 Å². The number of carbonyl (C=O) groups excluding carboxylic acids is 1. The van der Waals surface area contributed by atoms with Gasteiger partial charge < -0.3 is 14.6 Å². The number of piperidine rings is 2. The van der Waals surface area contributed by atoms with Crippen LogP contribution in [0.5, 0.6) is 0 Å². The minimum atomic E-state index is -0.941. The number of carbonyl (C=O) groups is 2. The highest BCUT2D eigenvalue weighted by Crippen LogP contribution is 2.40. The van der Waals surface area contributed by atoms with Crippen LogP contribution in [-0.4, -0.2) is 69.7 Å². The summed E-state index contributed by atoms with van der Waals surface area (Å²) in [6.07, 6.45) is 18.4. The lowest BCUT2D eigenvalue weighted by Gasteiger charge is -2.41. The molecule has 7 heteroatoms. The van der Waals surface area contributed by atoms with E-state index in [1.54, 1.807) is 18.2 Å². The molecule has 0 radical (unpaired) electrons. The standard InChI is InChI=1S/C35H48FN3O3.C4H8/c1-3-11-27(34(40)37-20-17-29(18-21-37)38-19-10-14-28(36)24-38)23-39-31(4-2)33(25-12-8-6-5-7-9-13-25)30-16-15-26(35(41)42)22-32(30)39;1-3-4-2/h3,11,15-16,22,25,28-29H,1,4-10,12-14,17-21,23-24H2,2H3,(H,41,42);3H,1,4H2,2H3/b27-11+;. The number of halogens is 1. The average molecular weight is 634 g/mol. The molecular formula is C39H56FN3O3. The SMILES string of the molecule is C=C/C=C(\Cn1c(CC)c(C2CCCCCCC2)c2ccc(C(=O)O)cc21)C(=O)N1CCC(N2CCCC(F)C2)CC1.C=CCC. The summed E-state index contributed by atoms with van der Waals surface area (Å²) in [6, 6.07) is 5.85. The highest BCUT2D eigenvalue weighted by Gasteiger charge is 2.32. The second kappa shape index (κ2) is 17.7. The molecule has 1 saturated carbocycles. The fourth-order valence-electron chi connectivity index (χ4n) is 7.75. The van der Waals surface area contributed by atoms with Gasteiger partial charge >= 0.3 is 5.97 Å². The van der Waals surface area contributed by atoms with Crippen LogP contribution < -0.4 is 0 Å². The van der Waals surface area contributed by atoms with Crippen molar-refractivity contribution in [1.29, 1.82) is 0 Å². The van der Waals surface area contributed by atoms with Crippen LogP contribution in [0.15, 0.2) is 55.2 Å². The van der Waals surface area contributed by atoms with E-state index in [0.717, 1.165) is 62.4 Å². The Balaban J connectivity index is 0.00000113. The number of benzene rings is 1. The molecule has 1 aromatic carbocycles. The molecule has 1 unspecified atom stereocenters. The molecule has 0 bridgehead atoms. The van der Waals surface area contributed by atoms with Crippen LogP contribution in [0.2, 0.25) is 0 Å². The normalized spacial score (nSPS) is 20.8. The number of alkyl halides is 1. The van der Waals surface area contributed by atoms with Crippen LogP contribution in [0.4, 0.5) is 4.39 Å². The van der Waals surface area contributed by atoms with Gasteiger partial charge in [0.15, 0.2) is 0 Å². The van der Waals surface area contributed by atoms with Gasteiger partial charge in [0.05, 0.1) is 12.1 Å². The minimum absolute atomic E-state index is 0.0150. The summed E-state index contributed by atoms with van der Waals surface area (Å²) in [5, 5.41) is 10.9. The van der Waals surface area contributed by atoms with E-state index in [-0.39, 0.29) is 11.5 Å². The second-order valence-electron chi connectivity index (χ2n) is 13.3. The summed E-state index contributed by atoms with van der Waals surface area (Å²) in [4.78, 5) is 30.2. The van der Waals surface area contributed by atoms with Gasteiger partial charge in [0.25, 0.3) is 5.91 Å². The summed E-state index contributed by atoms with van der Waals surface area (Å²) < 4.78 is 16.2. The first-order valence-corrected chi connectivity index (χ1v) is 17.8. The zero-order valence-corrected chi connectivity index (χ0v) is 28.3. The summed E-state index contributed by atoms with van der Waals surface area (Å²) >= 11 is 0. The zero-order chi connectivity index (χ0) is 33.1. The van der Waals surface area contributed by atoms with Crippen LogP contribution in [0.25, 0.3) is 10.9 Å². The number of fused-ring (bicyclic) bond motifs is 1. The fraction of sp³-hybridized carbons (Fsp3) is 0.590. The zero-order valence-electron chi connectivity index (χ0n) is 28.3. The second-order valence-corrected chi connectivity index (χ2v) is 13.3. The van der Waals surface area contributed by atoms with Gasteiger partial charge in [-0.3, -0.25) is 9.69 Å². The van der Waals surface area contributed by atoms with Crippen LogP contribution in [0.3, 0.4) is 0 Å². The molecule has 0 spiro atoms. The van der Waals surface area contributed by atoms with E-state index < -0.39 is 12.1 Å². The molecule has 5 rings (SSSR count). The summed E-state index contributed by atoms with van der Waals surface area (Å²) in [5.41, 5.74) is 4.40. The molecule has 1 atom stereocenters. The van der Waals surface area contributed by atoms with E-state index in [9.17, 15) is 19.1 Å². The first kappa shape index (κ1) is 35.7. The smallest absolute Gasteiger partial charge is 0.335 e. The van der Waals surface area contributed by atoms with Crippen molar-refractivity contribution in [1.82, 2.24) is 14.4 Å². The van der Waals surface area contributed by atoms with Gasteiger partial charge in [-0.15, -0.1) is 6.58 Å². The van der Waals surface area contributed by atoms with Crippen molar-refractivity contribution in [3.05, 3.63) is 72.0 Å². The quantitative estimate of drug-likeness (QED) is 0.170. The third-order valence-corrected chi connectivity index (χ3v) is 10.2. The molecule has 2 saturated heterocycles. The number of likely N-dealkylation sites (tertiary alicyclic amines) is 2. The topological polar surface area (TPSA) is 65.8 Å². The number of carboxylic acids is 1. The molecular weight excluding hydrogens is 577 g/mol. The Morgan fingerprint density at radius 1 is 0.957 bits per heavy atom. The Morgan fingerprint density at radius 2 is 1.63 bits per heavy atom. The number of allylic oxidation sites excluding steroid dienone is 3. The molecule has 46 heavy (non-hydrogen) atoms. The van der Waals surface area contributed by atoms with Crippen molar-refractivity contribution >= 4 is 22.8 Å². The van der Waals surface area contributed by atoms with Gasteiger partial charge in [-0.2, -0.15) is 0 Å². The number of nitrogens with zero attached hydrogens (tertiary/aromatic N) is 3. The van der Waals surface area contributed by atoms with E-state index in [1.807, 2.05) is 23.1 Å². The lowest BCUT2D eigenvalue weighted by atomic mass is 9.84. The molecule has 1 N–H and O–H groups in total. The molecule has 3 fully saturated rings. The molecule has 2 aromatic rings. The van der Waals surface area contributed by atoms with E-state index in [0.29, 0.717) is 50.1 Å². The maximum atomic E-state index is 14.0. The Hall–Kier alpha value is -3.19. The first-order chi connectivity index (χ1) is 22.3. The summed E-state index contributed by atoms with van der Waals surface area (Å²) in [7, 11) is 0. The van der Waals surface area contributed by atoms with Gasteiger partial charge in [-0.25, -0.2) is 9.18 Å². The predicted molar refractivity (Wildman–Crippen MR) is 187 cm³/mol. The minimum Gasteiger partial charge on any atom is -0.478 e. The summed E-state index contributed by atoms with van der Waals surface area (Å²) in [5.74, 6) is -0.482. The Bertz CT molecular complexity index is 1360. The lowest BCUT2D eigenvalue weighted by molar-refractivity contribution is -0.129. The van der Waals surface area contributed by atoms with Crippen LogP contribution in [-0.2, 0) is 17.8 Å². The van der Waals surface area contributed by atoms with Gasteiger partial charge in [-0.05, 0) is 81.5 Å². The lowest BCUT2D eigenvalue weighted by Crippen LogP contribution is -2.50. The van der Waals surface area contributed by atoms with Gasteiger partial charge in [0.1, 0.15) is 6.17 Å². The van der Waals surface area contributed by atoms with E-state index in [2.05, 4.69) is 36.5 Å². The molecule has 2 aliphatic heterocycles. The molecule has 1 aliphatic carbocycles. The molecule has 1 amide bonds.